The van der Waals surface area contributed by atoms with Crippen molar-refractivity contribution in [2.75, 3.05) is 0 Å². The van der Waals surface area contributed by atoms with E-state index >= 15 is 8.78 Å². The normalized spacial score (nSPS) is 10.9. The van der Waals surface area contributed by atoms with E-state index in [1.165, 1.54) is 18.2 Å². The molecule has 2 heterocycles. The van der Waals surface area contributed by atoms with Crippen LogP contribution in [0.4, 0.5) is 17.6 Å². The van der Waals surface area contributed by atoms with Gasteiger partial charge in [-0.15, -0.1) is 0 Å². The van der Waals surface area contributed by atoms with Gasteiger partial charge in [0.1, 0.15) is 11.6 Å². The second kappa shape index (κ2) is 13.0. The number of nitriles is 4. The molecular formula is C43H17F4N7. The molecule has 54 heavy (non-hydrogen) atoms. The van der Waals surface area contributed by atoms with Gasteiger partial charge >= 0.3 is 0 Å². The average molecular weight is 708 g/mol. The lowest BCUT2D eigenvalue weighted by Gasteiger charge is -2.16. The van der Waals surface area contributed by atoms with Crippen LogP contribution in [0.3, 0.4) is 0 Å². The van der Waals surface area contributed by atoms with E-state index in [1.807, 2.05) is 6.07 Å². The van der Waals surface area contributed by atoms with Crippen LogP contribution in [0.1, 0.15) is 22.3 Å². The number of rotatable bonds is 4. The fraction of sp³-hybridized carbons (Fsp3) is 0. The predicted molar refractivity (Wildman–Crippen MR) is 193 cm³/mol. The van der Waals surface area contributed by atoms with Crippen LogP contribution in [0.25, 0.3) is 77.6 Å². The molecular weight excluding hydrogens is 691 g/mol. The number of benzene rings is 6. The van der Waals surface area contributed by atoms with E-state index in [1.54, 1.807) is 78.9 Å². The second-order valence-electron chi connectivity index (χ2n) is 12.1. The van der Waals surface area contributed by atoms with Gasteiger partial charge in [-0.2, -0.15) is 21.0 Å². The fourth-order valence-electron chi connectivity index (χ4n) is 6.57. The summed E-state index contributed by atoms with van der Waals surface area (Å²) in [5.41, 5.74) is 2.32. The summed E-state index contributed by atoms with van der Waals surface area (Å²) in [6, 6.07) is 35.5. The molecule has 0 radical (unpaired) electrons. The molecule has 0 atom stereocenters. The summed E-state index contributed by atoms with van der Waals surface area (Å²) in [5, 5.41) is 40.0. The standard InChI is InChI=1S/C43H17F4N7/c44-36-30(21-51)37(45)39(47)34(38(36)46)26-4-3-5-27(16-26)40-33-28(20-50)17-32-43(35(33)29-6-1-2-7-31(29)52-40)54-42(25-14-10-23(19-49)11-15-25)41(53-32)24-12-8-22(18-48)9-13-24/h1-17H. The van der Waals surface area contributed by atoms with Gasteiger partial charge in [0.2, 0.25) is 0 Å². The third kappa shape index (κ3) is 5.21. The lowest BCUT2D eigenvalue weighted by molar-refractivity contribution is 0.454. The lowest BCUT2D eigenvalue weighted by atomic mass is 9.92. The van der Waals surface area contributed by atoms with Crippen molar-refractivity contribution in [2.45, 2.75) is 0 Å². The molecule has 8 rings (SSSR count). The Morgan fingerprint density at radius 1 is 0.444 bits per heavy atom. The molecule has 0 aliphatic heterocycles. The smallest absolute Gasteiger partial charge is 0.180 e. The summed E-state index contributed by atoms with van der Waals surface area (Å²) in [6.45, 7) is 0. The first-order valence-electron chi connectivity index (χ1n) is 16.1. The maximum absolute atomic E-state index is 15.2. The molecule has 0 aliphatic carbocycles. The molecule has 8 aromatic rings. The van der Waals surface area contributed by atoms with E-state index in [-0.39, 0.29) is 22.4 Å². The molecule has 0 aliphatic rings. The highest BCUT2D eigenvalue weighted by molar-refractivity contribution is 6.23. The summed E-state index contributed by atoms with van der Waals surface area (Å²) in [6.07, 6.45) is 0. The van der Waals surface area contributed by atoms with Crippen molar-refractivity contribution in [3.63, 3.8) is 0 Å². The summed E-state index contributed by atoms with van der Waals surface area (Å²) < 4.78 is 59.9. The zero-order valence-electron chi connectivity index (χ0n) is 27.5. The Kier molecular flexibility index (Phi) is 7.96. The third-order valence-corrected chi connectivity index (χ3v) is 9.10. The Bertz CT molecular complexity index is 3050. The Morgan fingerprint density at radius 3 is 1.61 bits per heavy atom. The highest BCUT2D eigenvalue weighted by Crippen LogP contribution is 2.42. The molecule has 252 valence electrons. The van der Waals surface area contributed by atoms with E-state index < -0.39 is 34.4 Å². The number of hydrogen-bond donors (Lipinski definition) is 0. The molecule has 0 unspecified atom stereocenters. The molecule has 0 saturated carbocycles. The van der Waals surface area contributed by atoms with Gasteiger partial charge in [-0.05, 0) is 48.0 Å². The largest absolute Gasteiger partial charge is 0.247 e. The monoisotopic (exact) mass is 707 g/mol. The number of hydrogen-bond acceptors (Lipinski definition) is 7. The molecule has 6 aromatic carbocycles. The summed E-state index contributed by atoms with van der Waals surface area (Å²) in [5.74, 6) is -7.10. The van der Waals surface area contributed by atoms with Crippen molar-refractivity contribution in [3.8, 4) is 69.2 Å². The van der Waals surface area contributed by atoms with Crippen molar-refractivity contribution in [1.29, 1.82) is 21.0 Å². The quantitative estimate of drug-likeness (QED) is 0.101. The van der Waals surface area contributed by atoms with Gasteiger partial charge in [0.25, 0.3) is 0 Å². The Morgan fingerprint density at radius 2 is 1.02 bits per heavy atom. The van der Waals surface area contributed by atoms with E-state index in [0.29, 0.717) is 66.4 Å². The maximum Gasteiger partial charge on any atom is 0.180 e. The van der Waals surface area contributed by atoms with E-state index in [4.69, 9.17) is 20.2 Å². The van der Waals surface area contributed by atoms with E-state index in [9.17, 15) is 24.6 Å². The van der Waals surface area contributed by atoms with Crippen LogP contribution in [0.15, 0.2) is 103 Å². The fourth-order valence-corrected chi connectivity index (χ4v) is 6.57. The van der Waals surface area contributed by atoms with Gasteiger partial charge in [-0.1, -0.05) is 60.7 Å². The van der Waals surface area contributed by atoms with Crippen LogP contribution < -0.4 is 0 Å². The molecule has 0 fully saturated rings. The first-order chi connectivity index (χ1) is 26.3. The van der Waals surface area contributed by atoms with Crippen molar-refractivity contribution in [2.24, 2.45) is 0 Å². The SMILES string of the molecule is N#Cc1ccc(-c2nc3cc(C#N)c4c(-c5cccc(-c6c(F)c(F)c(C#N)c(F)c6F)c5)nc5ccccc5c4c3nc2-c2ccc(C#N)cc2)cc1. The number of halogens is 4. The van der Waals surface area contributed by atoms with Crippen molar-refractivity contribution >= 4 is 32.7 Å². The number of aromatic nitrogens is 3. The highest BCUT2D eigenvalue weighted by atomic mass is 19.2. The van der Waals surface area contributed by atoms with Crippen molar-refractivity contribution < 1.29 is 17.6 Å². The third-order valence-electron chi connectivity index (χ3n) is 9.10. The van der Waals surface area contributed by atoms with Crippen LogP contribution in [0, 0.1) is 68.6 Å². The van der Waals surface area contributed by atoms with Gasteiger partial charge in [0.15, 0.2) is 23.3 Å². The van der Waals surface area contributed by atoms with Crippen LogP contribution in [-0.2, 0) is 0 Å². The van der Waals surface area contributed by atoms with Crippen LogP contribution in [0.5, 0.6) is 0 Å². The number of fused-ring (bicyclic) bond motifs is 5. The summed E-state index contributed by atoms with van der Waals surface area (Å²) in [7, 11) is 0. The highest BCUT2D eigenvalue weighted by Gasteiger charge is 2.27. The van der Waals surface area contributed by atoms with Gasteiger partial charge in [0.05, 0.1) is 74.1 Å². The molecule has 7 nitrogen and oxygen atoms in total. The molecule has 11 heteroatoms. The minimum atomic E-state index is -1.82. The maximum atomic E-state index is 15.2. The molecule has 0 bridgehead atoms. The van der Waals surface area contributed by atoms with Gasteiger partial charge in [-0.3, -0.25) is 0 Å². The van der Waals surface area contributed by atoms with Crippen molar-refractivity contribution in [3.05, 3.63) is 149 Å². The first-order valence-corrected chi connectivity index (χ1v) is 16.1. The second-order valence-corrected chi connectivity index (χ2v) is 12.1. The van der Waals surface area contributed by atoms with Crippen LogP contribution in [0.2, 0.25) is 0 Å². The Labute approximate surface area is 303 Å². The number of para-hydroxylation sites is 1. The van der Waals surface area contributed by atoms with Gasteiger partial charge in [0, 0.05) is 32.8 Å². The van der Waals surface area contributed by atoms with E-state index in [0.717, 1.165) is 6.07 Å². The summed E-state index contributed by atoms with van der Waals surface area (Å²) in [4.78, 5) is 15.1. The van der Waals surface area contributed by atoms with Crippen LogP contribution in [-0.4, -0.2) is 15.0 Å². The van der Waals surface area contributed by atoms with Gasteiger partial charge < -0.3 is 0 Å². The molecule has 0 spiro atoms. The molecule has 0 amide bonds. The Balaban J connectivity index is 1.47. The zero-order chi connectivity index (χ0) is 37.7. The van der Waals surface area contributed by atoms with Gasteiger partial charge in [-0.25, -0.2) is 32.5 Å². The summed E-state index contributed by atoms with van der Waals surface area (Å²) >= 11 is 0. The first kappa shape index (κ1) is 33.2. The van der Waals surface area contributed by atoms with E-state index in [2.05, 4.69) is 18.2 Å². The molecule has 2 aromatic heterocycles. The predicted octanol–water partition coefficient (Wildman–Crippen LogP) is 10.0. The topological polar surface area (TPSA) is 134 Å². The minimum Gasteiger partial charge on any atom is -0.247 e. The minimum absolute atomic E-state index is 0.148. The molecule has 0 N–H and O–H groups in total. The number of nitrogens with zero attached hydrogens (tertiary/aromatic N) is 7. The number of pyridine rings is 1. The van der Waals surface area contributed by atoms with Crippen molar-refractivity contribution in [1.82, 2.24) is 15.0 Å². The average Bonchev–Trinajstić information content (AvgIpc) is 3.22. The molecule has 0 saturated heterocycles. The lowest BCUT2D eigenvalue weighted by Crippen LogP contribution is -2.04. The van der Waals surface area contributed by atoms with Crippen LogP contribution >= 0.6 is 0 Å². The Hall–Kier alpha value is -7.99. The zero-order valence-corrected chi connectivity index (χ0v) is 27.5.